The van der Waals surface area contributed by atoms with Crippen LogP contribution in [0.15, 0.2) is 24.3 Å². The van der Waals surface area contributed by atoms with Crippen molar-refractivity contribution < 1.29 is 14.4 Å². The van der Waals surface area contributed by atoms with Gasteiger partial charge in [0.25, 0.3) is 5.91 Å². The van der Waals surface area contributed by atoms with Crippen molar-refractivity contribution in [3.63, 3.8) is 0 Å². The van der Waals surface area contributed by atoms with E-state index in [-0.39, 0.29) is 23.9 Å². The lowest BCUT2D eigenvalue weighted by Crippen LogP contribution is -2.41. The van der Waals surface area contributed by atoms with Crippen molar-refractivity contribution in [2.45, 2.75) is 45.2 Å². The highest BCUT2D eigenvalue weighted by atomic mass is 16.2. The summed E-state index contributed by atoms with van der Waals surface area (Å²) in [6, 6.07) is 7.30. The van der Waals surface area contributed by atoms with E-state index in [9.17, 15) is 14.4 Å². The van der Waals surface area contributed by atoms with Crippen LogP contribution in [0.4, 0.5) is 10.5 Å². The van der Waals surface area contributed by atoms with Crippen LogP contribution in [0.5, 0.6) is 0 Å². The molecule has 4 amide bonds. The lowest BCUT2D eigenvalue weighted by atomic mass is 10.1. The Morgan fingerprint density at radius 1 is 1.24 bits per heavy atom. The number of urea groups is 1. The third kappa shape index (κ3) is 4.36. The minimum absolute atomic E-state index is 0.0153. The summed E-state index contributed by atoms with van der Waals surface area (Å²) in [4.78, 5) is 36.7. The van der Waals surface area contributed by atoms with Gasteiger partial charge in [-0.2, -0.15) is 0 Å². The highest BCUT2D eigenvalue weighted by Gasteiger charge is 2.30. The zero-order valence-electron chi connectivity index (χ0n) is 16.7. The van der Waals surface area contributed by atoms with Crippen LogP contribution in [-0.4, -0.2) is 41.5 Å². The van der Waals surface area contributed by atoms with E-state index in [2.05, 4.69) is 21.3 Å². The topological polar surface area (TPSA) is 104 Å². The Hall–Kier alpha value is -3.03. The summed E-state index contributed by atoms with van der Waals surface area (Å²) in [5.41, 5.74) is 2.08. The van der Waals surface area contributed by atoms with E-state index >= 15 is 0 Å². The van der Waals surface area contributed by atoms with E-state index in [1.54, 1.807) is 0 Å². The first-order chi connectivity index (χ1) is 13.9. The normalized spacial score (nSPS) is 18.3. The number of amides is 4. The maximum Gasteiger partial charge on any atom is 0.319 e. The summed E-state index contributed by atoms with van der Waals surface area (Å²) < 4.78 is 1.95. The summed E-state index contributed by atoms with van der Waals surface area (Å²) in [7, 11) is 0. The number of carbonyl (C=O) groups excluding carboxylic acids is 3. The number of fused-ring (bicyclic) bond motifs is 3. The second-order valence-electron chi connectivity index (χ2n) is 8.31. The van der Waals surface area contributed by atoms with E-state index in [0.717, 1.165) is 23.7 Å². The summed E-state index contributed by atoms with van der Waals surface area (Å²) in [6.07, 6.45) is 2.42. The Balaban J connectivity index is 1.55. The van der Waals surface area contributed by atoms with Gasteiger partial charge in [0, 0.05) is 42.1 Å². The second kappa shape index (κ2) is 7.77. The number of carbonyl (C=O) groups is 3. The highest BCUT2D eigenvalue weighted by Crippen LogP contribution is 2.30. The number of benzene rings is 1. The van der Waals surface area contributed by atoms with Gasteiger partial charge < -0.3 is 25.8 Å². The van der Waals surface area contributed by atoms with Gasteiger partial charge in [0.05, 0.1) is 6.04 Å². The predicted octanol–water partition coefficient (Wildman–Crippen LogP) is 2.37. The van der Waals surface area contributed by atoms with Crippen LogP contribution in [-0.2, 0) is 4.79 Å². The monoisotopic (exact) mass is 397 g/mol. The lowest BCUT2D eigenvalue weighted by molar-refractivity contribution is -0.122. The number of rotatable bonds is 6. The largest absolute Gasteiger partial charge is 0.353 e. The Bertz CT molecular complexity index is 961. The molecule has 8 nitrogen and oxygen atoms in total. The zero-order chi connectivity index (χ0) is 20.5. The molecule has 0 saturated heterocycles. The average molecular weight is 397 g/mol. The zero-order valence-corrected chi connectivity index (χ0v) is 16.7. The van der Waals surface area contributed by atoms with Gasteiger partial charge in [-0.25, -0.2) is 4.79 Å². The molecule has 0 spiro atoms. The molecule has 0 bridgehead atoms. The van der Waals surface area contributed by atoms with Crippen LogP contribution in [0.25, 0.3) is 10.9 Å². The molecule has 1 saturated carbocycles. The lowest BCUT2D eigenvalue weighted by Gasteiger charge is -2.27. The third-order valence-electron chi connectivity index (χ3n) is 5.23. The summed E-state index contributed by atoms with van der Waals surface area (Å²) >= 11 is 0. The van der Waals surface area contributed by atoms with Crippen LogP contribution >= 0.6 is 0 Å². The van der Waals surface area contributed by atoms with Gasteiger partial charge in [-0.1, -0.05) is 13.8 Å². The molecule has 1 aromatic carbocycles. The van der Waals surface area contributed by atoms with E-state index in [0.29, 0.717) is 42.9 Å². The number of aromatic nitrogens is 1. The molecule has 154 valence electrons. The molecular weight excluding hydrogens is 370 g/mol. The van der Waals surface area contributed by atoms with Crippen LogP contribution < -0.4 is 21.3 Å². The highest BCUT2D eigenvalue weighted by molar-refractivity contribution is 6.01. The fraction of sp³-hybridized carbons (Fsp3) is 0.476. The second-order valence-corrected chi connectivity index (χ2v) is 8.31. The molecular formula is C21H27N5O3. The molecule has 4 N–H and O–H groups in total. The molecule has 2 aliphatic rings. The fourth-order valence-corrected chi connectivity index (χ4v) is 3.64. The van der Waals surface area contributed by atoms with Gasteiger partial charge in [-0.3, -0.25) is 9.59 Å². The van der Waals surface area contributed by atoms with Crippen molar-refractivity contribution in [1.82, 2.24) is 20.5 Å². The Morgan fingerprint density at radius 2 is 2.03 bits per heavy atom. The summed E-state index contributed by atoms with van der Waals surface area (Å²) in [6.45, 7) is 5.08. The van der Waals surface area contributed by atoms with Gasteiger partial charge in [0.1, 0.15) is 5.69 Å². The maximum absolute atomic E-state index is 12.4. The van der Waals surface area contributed by atoms with Gasteiger partial charge in [-0.15, -0.1) is 0 Å². The average Bonchev–Trinajstić information content (AvgIpc) is 3.39. The van der Waals surface area contributed by atoms with E-state index in [1.165, 1.54) is 0 Å². The molecule has 1 aliphatic carbocycles. The Labute approximate surface area is 169 Å². The van der Waals surface area contributed by atoms with Crippen molar-refractivity contribution in [1.29, 1.82) is 0 Å². The molecule has 1 fully saturated rings. The first-order valence-corrected chi connectivity index (χ1v) is 10.2. The van der Waals surface area contributed by atoms with Crippen molar-refractivity contribution >= 4 is 34.4 Å². The number of nitrogens with zero attached hydrogens (tertiary/aromatic N) is 1. The van der Waals surface area contributed by atoms with E-state index < -0.39 is 0 Å². The third-order valence-corrected chi connectivity index (χ3v) is 5.23. The summed E-state index contributed by atoms with van der Waals surface area (Å²) in [5, 5.41) is 12.4. The molecule has 0 radical (unpaired) electrons. The minimum atomic E-state index is -0.255. The Morgan fingerprint density at radius 3 is 2.76 bits per heavy atom. The first kappa shape index (κ1) is 19.3. The first-order valence-electron chi connectivity index (χ1n) is 10.2. The SMILES string of the molecule is CC(C)CNC(=O)Nc1ccc2c(c1)cc1n2C(CC(=O)NC2CC2)CNC1=O. The van der Waals surface area contributed by atoms with E-state index in [4.69, 9.17) is 0 Å². The number of anilines is 1. The Kier molecular flexibility index (Phi) is 5.17. The van der Waals surface area contributed by atoms with Crippen LogP contribution in [0.1, 0.15) is 49.6 Å². The molecule has 1 aliphatic heterocycles. The van der Waals surface area contributed by atoms with E-state index in [1.807, 2.05) is 42.7 Å². The molecule has 29 heavy (non-hydrogen) atoms. The quantitative estimate of drug-likeness (QED) is 0.601. The smallest absolute Gasteiger partial charge is 0.319 e. The van der Waals surface area contributed by atoms with Crippen molar-refractivity contribution in [3.8, 4) is 0 Å². The van der Waals surface area contributed by atoms with Gasteiger partial charge in [0.2, 0.25) is 5.91 Å². The molecule has 2 heterocycles. The van der Waals surface area contributed by atoms with Crippen molar-refractivity contribution in [2.75, 3.05) is 18.4 Å². The van der Waals surface area contributed by atoms with Crippen LogP contribution in [0, 0.1) is 5.92 Å². The number of hydrogen-bond donors (Lipinski definition) is 4. The van der Waals surface area contributed by atoms with Crippen LogP contribution in [0.3, 0.4) is 0 Å². The maximum atomic E-state index is 12.4. The van der Waals surface area contributed by atoms with Crippen molar-refractivity contribution in [2.24, 2.45) is 5.92 Å². The standard InChI is InChI=1S/C21H27N5O3/c1-12(2)10-23-21(29)25-15-5-6-17-13(7-15)8-18-20(28)22-11-16(26(17)18)9-19(27)24-14-3-4-14/h5-8,12,14,16H,3-4,9-11H2,1-2H3,(H,22,28)(H,24,27)(H2,23,25,29). The predicted molar refractivity (Wildman–Crippen MR) is 111 cm³/mol. The molecule has 8 heteroatoms. The fourth-order valence-electron chi connectivity index (χ4n) is 3.64. The summed E-state index contributed by atoms with van der Waals surface area (Å²) in [5.74, 6) is 0.236. The molecule has 1 atom stereocenters. The minimum Gasteiger partial charge on any atom is -0.353 e. The number of hydrogen-bond acceptors (Lipinski definition) is 3. The van der Waals surface area contributed by atoms with Gasteiger partial charge in [-0.05, 0) is 43.0 Å². The molecule has 1 unspecified atom stereocenters. The number of nitrogens with one attached hydrogen (secondary N) is 4. The molecule has 1 aromatic heterocycles. The molecule has 4 rings (SSSR count). The molecule has 2 aromatic rings. The van der Waals surface area contributed by atoms with Crippen molar-refractivity contribution in [3.05, 3.63) is 30.0 Å². The van der Waals surface area contributed by atoms with Crippen LogP contribution in [0.2, 0.25) is 0 Å². The van der Waals surface area contributed by atoms with Gasteiger partial charge >= 0.3 is 6.03 Å². The van der Waals surface area contributed by atoms with Gasteiger partial charge in [0.15, 0.2) is 0 Å².